The van der Waals surface area contributed by atoms with Crippen LogP contribution in [0.4, 0.5) is 0 Å². The Balaban J connectivity index is 1.69. The van der Waals surface area contributed by atoms with Gasteiger partial charge in [0.2, 0.25) is 4.77 Å². The number of carbonyl (C=O) groups excluding carboxylic acids is 1. The van der Waals surface area contributed by atoms with Crippen LogP contribution in [-0.2, 0) is 16.2 Å². The Kier molecular flexibility index (Phi) is 5.42. The number of aromatic nitrogens is 3. The molecule has 0 radical (unpaired) electrons. The first-order valence-electron chi connectivity index (χ1n) is 8.28. The number of nitrogens with zero attached hydrogens (tertiary/aromatic N) is 4. The predicted molar refractivity (Wildman–Crippen MR) is 93.3 cm³/mol. The summed E-state index contributed by atoms with van der Waals surface area (Å²) in [6.07, 6.45) is 3.61. The number of carbonyl (C=O) groups is 1. The summed E-state index contributed by atoms with van der Waals surface area (Å²) in [5.74, 6) is -0.148. The van der Waals surface area contributed by atoms with E-state index in [4.69, 9.17) is 17.0 Å². The normalized spacial score (nSPS) is 18.5. The van der Waals surface area contributed by atoms with Gasteiger partial charge in [-0.2, -0.15) is 5.10 Å². The van der Waals surface area contributed by atoms with Crippen LogP contribution in [0.3, 0.4) is 0 Å². The molecule has 1 aliphatic heterocycles. The van der Waals surface area contributed by atoms with Gasteiger partial charge in [0.15, 0.2) is 0 Å². The van der Waals surface area contributed by atoms with Crippen LogP contribution in [0.1, 0.15) is 19.8 Å². The molecule has 1 saturated heterocycles. The summed E-state index contributed by atoms with van der Waals surface area (Å²) in [5.41, 5.74) is 0.997. The highest BCUT2D eigenvalue weighted by molar-refractivity contribution is 7.71. The van der Waals surface area contributed by atoms with Crippen molar-refractivity contribution in [1.82, 2.24) is 19.2 Å². The third kappa shape index (κ3) is 3.73. The molecular weight excluding hydrogens is 324 g/mol. The van der Waals surface area contributed by atoms with Gasteiger partial charge in [0.05, 0.1) is 19.2 Å². The number of piperidine rings is 1. The van der Waals surface area contributed by atoms with Gasteiger partial charge in [0.25, 0.3) is 0 Å². The number of ether oxygens (including phenoxy) is 1. The van der Waals surface area contributed by atoms with Gasteiger partial charge in [-0.05, 0) is 50.7 Å². The highest BCUT2D eigenvalue weighted by atomic mass is 32.1. The molecule has 0 unspecified atom stereocenters. The molecule has 7 heteroatoms. The van der Waals surface area contributed by atoms with E-state index in [1.807, 2.05) is 41.8 Å². The number of hydrogen-bond donors (Lipinski definition) is 0. The highest BCUT2D eigenvalue weighted by Gasteiger charge is 2.27. The summed E-state index contributed by atoms with van der Waals surface area (Å²) in [4.78, 5) is 14.2. The second-order valence-electron chi connectivity index (χ2n) is 5.93. The van der Waals surface area contributed by atoms with Gasteiger partial charge in [-0.3, -0.25) is 14.3 Å². The summed E-state index contributed by atoms with van der Waals surface area (Å²) in [7, 11) is 0. The van der Waals surface area contributed by atoms with Gasteiger partial charge in [-0.1, -0.05) is 18.2 Å². The van der Waals surface area contributed by atoms with E-state index in [1.165, 1.54) is 0 Å². The Morgan fingerprint density at radius 3 is 2.92 bits per heavy atom. The maximum Gasteiger partial charge on any atom is 0.310 e. The minimum atomic E-state index is -0.0967. The molecule has 1 fully saturated rings. The lowest BCUT2D eigenvalue weighted by molar-refractivity contribution is -0.150. The minimum absolute atomic E-state index is 0.0518. The van der Waals surface area contributed by atoms with Crippen LogP contribution in [0.2, 0.25) is 0 Å². The number of esters is 1. The number of likely N-dealkylation sites (tertiary alicyclic amines) is 1. The molecule has 0 aliphatic carbocycles. The van der Waals surface area contributed by atoms with Crippen LogP contribution in [0, 0.1) is 10.7 Å². The van der Waals surface area contributed by atoms with Crippen molar-refractivity contribution in [2.24, 2.45) is 5.92 Å². The fraction of sp³-hybridized carbons (Fsp3) is 0.471. The van der Waals surface area contributed by atoms with Gasteiger partial charge in [-0.15, -0.1) is 0 Å². The first-order chi connectivity index (χ1) is 11.7. The van der Waals surface area contributed by atoms with E-state index in [2.05, 4.69) is 10.00 Å². The lowest BCUT2D eigenvalue weighted by Gasteiger charge is -2.31. The monoisotopic (exact) mass is 346 g/mol. The van der Waals surface area contributed by atoms with Gasteiger partial charge in [0, 0.05) is 12.2 Å². The second-order valence-corrected chi connectivity index (χ2v) is 6.29. The first kappa shape index (κ1) is 16.9. The molecule has 1 aliphatic rings. The average molecular weight is 346 g/mol. The molecule has 3 rings (SSSR count). The van der Waals surface area contributed by atoms with E-state index in [0.717, 1.165) is 25.1 Å². The standard InChI is InChI=1S/C17H22N4O2S/c1-2-23-16(22)14-7-6-10-19(11-14)13-21-17(24)20(12-18-21)15-8-4-3-5-9-15/h3-5,8-9,12,14H,2,6-7,10-11,13H2,1H3/t14-/m0/s1. The van der Waals surface area contributed by atoms with E-state index in [0.29, 0.717) is 24.6 Å². The number of hydrogen-bond acceptors (Lipinski definition) is 5. The van der Waals surface area contributed by atoms with Crippen LogP contribution in [-0.4, -0.2) is 44.9 Å². The van der Waals surface area contributed by atoms with Gasteiger partial charge >= 0.3 is 5.97 Å². The number of rotatable bonds is 5. The summed E-state index contributed by atoms with van der Waals surface area (Å²) in [6, 6.07) is 9.92. The Hall–Kier alpha value is -1.99. The molecule has 0 spiro atoms. The largest absolute Gasteiger partial charge is 0.466 e. The summed E-state index contributed by atoms with van der Waals surface area (Å²) in [5, 5.41) is 4.41. The average Bonchev–Trinajstić information content (AvgIpc) is 2.97. The molecule has 1 aromatic carbocycles. The van der Waals surface area contributed by atoms with Crippen molar-refractivity contribution >= 4 is 18.2 Å². The lowest BCUT2D eigenvalue weighted by atomic mass is 9.99. The minimum Gasteiger partial charge on any atom is -0.466 e. The molecule has 2 heterocycles. The fourth-order valence-electron chi connectivity index (χ4n) is 3.03. The van der Waals surface area contributed by atoms with Crippen LogP contribution in [0.25, 0.3) is 5.69 Å². The zero-order valence-electron chi connectivity index (χ0n) is 13.8. The molecule has 24 heavy (non-hydrogen) atoms. The molecule has 6 nitrogen and oxygen atoms in total. The quantitative estimate of drug-likeness (QED) is 0.615. The van der Waals surface area contributed by atoms with Crippen molar-refractivity contribution in [3.63, 3.8) is 0 Å². The van der Waals surface area contributed by atoms with Crippen molar-refractivity contribution < 1.29 is 9.53 Å². The molecule has 128 valence electrons. The lowest BCUT2D eigenvalue weighted by Crippen LogP contribution is -2.40. The SMILES string of the molecule is CCOC(=O)[C@H]1CCCN(Cn2ncn(-c3ccccc3)c2=S)C1. The van der Waals surface area contributed by atoms with Crippen LogP contribution >= 0.6 is 12.2 Å². The molecule has 0 N–H and O–H groups in total. The Morgan fingerprint density at radius 2 is 2.17 bits per heavy atom. The van der Waals surface area contributed by atoms with Crippen molar-refractivity contribution in [2.45, 2.75) is 26.4 Å². The maximum absolute atomic E-state index is 12.0. The van der Waals surface area contributed by atoms with Crippen molar-refractivity contribution in [3.8, 4) is 5.69 Å². The summed E-state index contributed by atoms with van der Waals surface area (Å²) >= 11 is 5.54. The van der Waals surface area contributed by atoms with E-state index in [9.17, 15) is 4.79 Å². The van der Waals surface area contributed by atoms with Crippen LogP contribution in [0.15, 0.2) is 36.7 Å². The molecule has 0 amide bonds. The van der Waals surface area contributed by atoms with E-state index in [-0.39, 0.29) is 11.9 Å². The highest BCUT2D eigenvalue weighted by Crippen LogP contribution is 2.18. The fourth-order valence-corrected chi connectivity index (χ4v) is 3.28. The van der Waals surface area contributed by atoms with E-state index >= 15 is 0 Å². The molecule has 1 atom stereocenters. The third-order valence-electron chi connectivity index (χ3n) is 4.23. The van der Waals surface area contributed by atoms with Crippen LogP contribution < -0.4 is 0 Å². The maximum atomic E-state index is 12.0. The second kappa shape index (κ2) is 7.72. The molecular formula is C17H22N4O2S. The number of benzene rings is 1. The van der Waals surface area contributed by atoms with Crippen molar-refractivity contribution in [2.75, 3.05) is 19.7 Å². The first-order valence-corrected chi connectivity index (χ1v) is 8.68. The zero-order valence-corrected chi connectivity index (χ0v) is 14.6. The Morgan fingerprint density at radius 1 is 1.38 bits per heavy atom. The predicted octanol–water partition coefficient (Wildman–Crippen LogP) is 2.64. The molecule has 2 aromatic rings. The molecule has 0 bridgehead atoms. The van der Waals surface area contributed by atoms with Gasteiger partial charge in [0.1, 0.15) is 6.33 Å². The van der Waals surface area contributed by atoms with Crippen LogP contribution in [0.5, 0.6) is 0 Å². The van der Waals surface area contributed by atoms with E-state index < -0.39 is 0 Å². The van der Waals surface area contributed by atoms with Gasteiger partial charge in [-0.25, -0.2) is 4.68 Å². The topological polar surface area (TPSA) is 52.3 Å². The Labute approximate surface area is 146 Å². The number of para-hydroxylation sites is 1. The summed E-state index contributed by atoms with van der Waals surface area (Å²) < 4.78 is 9.50. The van der Waals surface area contributed by atoms with Crippen molar-refractivity contribution in [1.29, 1.82) is 0 Å². The Bertz CT molecular complexity index is 741. The van der Waals surface area contributed by atoms with Crippen molar-refractivity contribution in [3.05, 3.63) is 41.4 Å². The molecule has 0 saturated carbocycles. The molecule has 1 aromatic heterocycles. The summed E-state index contributed by atoms with van der Waals surface area (Å²) in [6.45, 7) is 4.50. The van der Waals surface area contributed by atoms with Gasteiger partial charge < -0.3 is 4.74 Å². The third-order valence-corrected chi connectivity index (χ3v) is 4.63. The smallest absolute Gasteiger partial charge is 0.310 e. The zero-order chi connectivity index (χ0) is 16.9. The van der Waals surface area contributed by atoms with E-state index in [1.54, 1.807) is 11.0 Å².